The average molecular weight is 350 g/mol. The highest BCUT2D eigenvalue weighted by Crippen LogP contribution is 2.32. The van der Waals surface area contributed by atoms with Gasteiger partial charge in [-0.05, 0) is 43.9 Å². The molecule has 0 unspecified atom stereocenters. The molecule has 0 aromatic heterocycles. The summed E-state index contributed by atoms with van der Waals surface area (Å²) < 4.78 is 62.1. The number of benzene rings is 1. The fraction of sp³-hybridized carbons (Fsp3) is 0.600. The molecule has 1 heterocycles. The van der Waals surface area contributed by atoms with E-state index in [9.17, 15) is 21.6 Å². The highest BCUT2D eigenvalue weighted by molar-refractivity contribution is 7.93. The van der Waals surface area contributed by atoms with Gasteiger partial charge in [0, 0.05) is 18.8 Å². The summed E-state index contributed by atoms with van der Waals surface area (Å²) in [6.45, 7) is 5.13. The van der Waals surface area contributed by atoms with Gasteiger partial charge in [0.2, 0.25) is 0 Å². The smallest absolute Gasteiger partial charge is 0.371 e. The van der Waals surface area contributed by atoms with Crippen LogP contribution >= 0.6 is 0 Å². The van der Waals surface area contributed by atoms with E-state index in [1.54, 1.807) is 17.7 Å². The maximum absolute atomic E-state index is 12.6. The second-order valence-corrected chi connectivity index (χ2v) is 7.58. The summed E-state index contributed by atoms with van der Waals surface area (Å²) in [6.07, 6.45) is 4.32. The quantitative estimate of drug-likeness (QED) is 0.898. The van der Waals surface area contributed by atoms with E-state index in [0.717, 1.165) is 50.0 Å². The van der Waals surface area contributed by atoms with Gasteiger partial charge in [-0.1, -0.05) is 18.9 Å². The Kier molecular flexibility index (Phi) is 5.13. The molecule has 1 aliphatic heterocycles. The second kappa shape index (κ2) is 6.59. The van der Waals surface area contributed by atoms with Crippen molar-refractivity contribution in [3.05, 3.63) is 23.3 Å². The van der Waals surface area contributed by atoms with Gasteiger partial charge in [-0.2, -0.15) is 21.6 Å². The Hall–Kier alpha value is -1.44. The zero-order valence-corrected chi connectivity index (χ0v) is 14.0. The van der Waals surface area contributed by atoms with Crippen LogP contribution < -0.4 is 9.62 Å². The molecule has 0 saturated carbocycles. The Morgan fingerprint density at radius 3 is 2.09 bits per heavy atom. The van der Waals surface area contributed by atoms with Crippen molar-refractivity contribution < 1.29 is 21.6 Å². The first-order chi connectivity index (χ1) is 10.6. The van der Waals surface area contributed by atoms with Crippen LogP contribution in [0.5, 0.6) is 0 Å². The van der Waals surface area contributed by atoms with E-state index in [1.807, 2.05) is 6.92 Å². The lowest BCUT2D eigenvalue weighted by atomic mass is 10.1. The predicted octanol–water partition coefficient (Wildman–Crippen LogP) is 3.95. The molecule has 2 rings (SSSR count). The van der Waals surface area contributed by atoms with Crippen LogP contribution in [0.2, 0.25) is 0 Å². The van der Waals surface area contributed by atoms with Gasteiger partial charge >= 0.3 is 15.5 Å². The molecule has 130 valence electrons. The van der Waals surface area contributed by atoms with Crippen LogP contribution in [0.4, 0.5) is 24.5 Å². The number of aryl methyl sites for hydroxylation is 2. The van der Waals surface area contributed by atoms with Crippen LogP contribution in [0.1, 0.15) is 36.8 Å². The minimum absolute atomic E-state index is 0.0211. The monoisotopic (exact) mass is 350 g/mol. The standard InChI is InChI=1S/C15H21F3N2O2S/c1-11-9-12(2)14(20-7-5-3-4-6-8-20)10-13(11)19-23(21,22)15(16,17)18/h9-10,19H,3-8H2,1-2H3. The summed E-state index contributed by atoms with van der Waals surface area (Å²) in [5.74, 6) is 0. The van der Waals surface area contributed by atoms with Gasteiger partial charge < -0.3 is 4.90 Å². The van der Waals surface area contributed by atoms with Gasteiger partial charge in [-0.25, -0.2) is 0 Å². The summed E-state index contributed by atoms with van der Waals surface area (Å²) in [4.78, 5) is 2.12. The number of nitrogens with zero attached hydrogens (tertiary/aromatic N) is 1. The third kappa shape index (κ3) is 4.10. The van der Waals surface area contributed by atoms with Crippen molar-refractivity contribution in [2.45, 2.75) is 45.0 Å². The molecule has 0 aliphatic carbocycles. The fourth-order valence-electron chi connectivity index (χ4n) is 2.81. The molecule has 0 amide bonds. The number of sulfonamides is 1. The lowest BCUT2D eigenvalue weighted by Crippen LogP contribution is -2.30. The Bertz CT molecular complexity index is 664. The number of hydrogen-bond donors (Lipinski definition) is 1. The highest BCUT2D eigenvalue weighted by atomic mass is 32.2. The van der Waals surface area contributed by atoms with E-state index in [2.05, 4.69) is 4.90 Å². The molecule has 23 heavy (non-hydrogen) atoms. The van der Waals surface area contributed by atoms with Crippen LogP contribution in [-0.4, -0.2) is 27.0 Å². The summed E-state index contributed by atoms with van der Waals surface area (Å²) in [5, 5.41) is 0. The van der Waals surface area contributed by atoms with Crippen LogP contribution in [0.25, 0.3) is 0 Å². The molecular weight excluding hydrogens is 329 g/mol. The van der Waals surface area contributed by atoms with E-state index < -0.39 is 15.5 Å². The first-order valence-electron chi connectivity index (χ1n) is 7.57. The SMILES string of the molecule is Cc1cc(C)c(N2CCCCCC2)cc1NS(=O)(=O)C(F)(F)F. The van der Waals surface area contributed by atoms with Gasteiger partial charge in [0.15, 0.2) is 0 Å². The van der Waals surface area contributed by atoms with Crippen LogP contribution in [0.15, 0.2) is 12.1 Å². The molecule has 0 bridgehead atoms. The van der Waals surface area contributed by atoms with Crippen LogP contribution in [0, 0.1) is 13.8 Å². The van der Waals surface area contributed by atoms with Gasteiger partial charge in [0.1, 0.15) is 0 Å². The maximum Gasteiger partial charge on any atom is 0.516 e. The first kappa shape index (κ1) is 17.9. The topological polar surface area (TPSA) is 49.4 Å². The van der Waals surface area contributed by atoms with Crippen molar-refractivity contribution in [3.63, 3.8) is 0 Å². The van der Waals surface area contributed by atoms with E-state index in [0.29, 0.717) is 5.56 Å². The van der Waals surface area contributed by atoms with Crippen molar-refractivity contribution in [2.24, 2.45) is 0 Å². The van der Waals surface area contributed by atoms with Crippen molar-refractivity contribution in [1.29, 1.82) is 0 Å². The molecule has 0 atom stereocenters. The molecule has 1 aromatic rings. The molecule has 4 nitrogen and oxygen atoms in total. The molecular formula is C15H21F3N2O2S. The normalized spacial score (nSPS) is 17.0. The molecule has 1 aromatic carbocycles. The molecule has 1 saturated heterocycles. The van der Waals surface area contributed by atoms with Gasteiger partial charge in [0.05, 0.1) is 5.69 Å². The van der Waals surface area contributed by atoms with E-state index in [-0.39, 0.29) is 5.69 Å². The molecule has 0 radical (unpaired) electrons. The minimum atomic E-state index is -5.41. The number of rotatable bonds is 3. The lowest BCUT2D eigenvalue weighted by Gasteiger charge is -2.26. The number of halogens is 3. The molecule has 1 N–H and O–H groups in total. The summed E-state index contributed by atoms with van der Waals surface area (Å²) in [7, 11) is -5.41. The van der Waals surface area contributed by atoms with E-state index in [4.69, 9.17) is 0 Å². The summed E-state index contributed by atoms with van der Waals surface area (Å²) >= 11 is 0. The number of nitrogens with one attached hydrogen (secondary N) is 1. The Balaban J connectivity index is 2.36. The van der Waals surface area contributed by atoms with Crippen molar-refractivity contribution in [1.82, 2.24) is 0 Å². The Labute approximate surface area is 134 Å². The molecule has 1 aliphatic rings. The second-order valence-electron chi connectivity index (χ2n) is 5.91. The third-order valence-corrected chi connectivity index (χ3v) is 5.14. The van der Waals surface area contributed by atoms with Crippen LogP contribution in [0.3, 0.4) is 0 Å². The zero-order chi connectivity index (χ0) is 17.3. The number of alkyl halides is 3. The lowest BCUT2D eigenvalue weighted by molar-refractivity contribution is -0.0429. The summed E-state index contributed by atoms with van der Waals surface area (Å²) in [6, 6.07) is 3.23. The third-order valence-electron chi connectivity index (χ3n) is 4.04. The minimum Gasteiger partial charge on any atom is -0.371 e. The maximum atomic E-state index is 12.6. The highest BCUT2D eigenvalue weighted by Gasteiger charge is 2.46. The number of hydrogen-bond acceptors (Lipinski definition) is 3. The fourth-order valence-corrected chi connectivity index (χ4v) is 3.43. The predicted molar refractivity (Wildman–Crippen MR) is 85.2 cm³/mol. The molecule has 8 heteroatoms. The Morgan fingerprint density at radius 1 is 1.00 bits per heavy atom. The van der Waals surface area contributed by atoms with Crippen molar-refractivity contribution in [2.75, 3.05) is 22.7 Å². The first-order valence-corrected chi connectivity index (χ1v) is 9.05. The van der Waals surface area contributed by atoms with E-state index >= 15 is 0 Å². The average Bonchev–Trinajstić information content (AvgIpc) is 2.69. The molecule has 0 spiro atoms. The van der Waals surface area contributed by atoms with Gasteiger partial charge in [-0.3, -0.25) is 4.72 Å². The summed E-state index contributed by atoms with van der Waals surface area (Å²) in [5.41, 5.74) is -3.16. The molecule has 1 fully saturated rings. The Morgan fingerprint density at radius 2 is 1.57 bits per heavy atom. The van der Waals surface area contributed by atoms with Gasteiger partial charge in [0.25, 0.3) is 0 Å². The van der Waals surface area contributed by atoms with E-state index in [1.165, 1.54) is 6.07 Å². The van der Waals surface area contributed by atoms with Crippen molar-refractivity contribution >= 4 is 21.4 Å². The van der Waals surface area contributed by atoms with Crippen molar-refractivity contribution in [3.8, 4) is 0 Å². The number of anilines is 2. The van der Waals surface area contributed by atoms with Gasteiger partial charge in [-0.15, -0.1) is 0 Å². The van der Waals surface area contributed by atoms with Crippen LogP contribution in [-0.2, 0) is 10.0 Å². The largest absolute Gasteiger partial charge is 0.516 e. The zero-order valence-electron chi connectivity index (χ0n) is 13.2.